The van der Waals surface area contributed by atoms with Gasteiger partial charge in [0.25, 0.3) is 0 Å². The van der Waals surface area contributed by atoms with Crippen LogP contribution in [0.15, 0.2) is 24.4 Å². The summed E-state index contributed by atoms with van der Waals surface area (Å²) >= 11 is 5.61. The molecular formula is C14H18BrN3S. The van der Waals surface area contributed by atoms with Gasteiger partial charge >= 0.3 is 0 Å². The van der Waals surface area contributed by atoms with E-state index in [9.17, 15) is 0 Å². The van der Waals surface area contributed by atoms with Crippen molar-refractivity contribution in [3.8, 4) is 0 Å². The molecule has 5 heteroatoms. The Morgan fingerprint density at radius 1 is 1.37 bits per heavy atom. The van der Waals surface area contributed by atoms with Crippen LogP contribution in [0.5, 0.6) is 0 Å². The lowest BCUT2D eigenvalue weighted by Crippen LogP contribution is -2.35. The second kappa shape index (κ2) is 5.75. The van der Waals surface area contributed by atoms with Crippen molar-refractivity contribution in [2.45, 2.75) is 23.4 Å². The molecule has 3 nitrogen and oxygen atoms in total. The lowest BCUT2D eigenvalue weighted by molar-refractivity contribution is 0.587. The van der Waals surface area contributed by atoms with Crippen molar-refractivity contribution in [1.29, 1.82) is 0 Å². The van der Waals surface area contributed by atoms with Crippen molar-refractivity contribution in [2.75, 3.05) is 24.2 Å². The minimum Gasteiger partial charge on any atom is -0.355 e. The van der Waals surface area contributed by atoms with Crippen LogP contribution in [0, 0.1) is 0 Å². The average molecular weight is 340 g/mol. The molecule has 0 bridgehead atoms. The maximum Gasteiger partial charge on any atom is 0.152 e. The second-order valence-corrected chi connectivity index (χ2v) is 6.57. The first-order valence-electron chi connectivity index (χ1n) is 6.63. The number of thioether (sulfide) groups is 1. The van der Waals surface area contributed by atoms with E-state index >= 15 is 0 Å². The first-order valence-corrected chi connectivity index (χ1v) is 9.04. The summed E-state index contributed by atoms with van der Waals surface area (Å²) < 4.78 is 2.19. The monoisotopic (exact) mass is 339 g/mol. The number of fused-ring (bicyclic) bond motifs is 1. The zero-order chi connectivity index (χ0) is 13.2. The number of aromatic nitrogens is 2. The van der Waals surface area contributed by atoms with E-state index in [-0.39, 0.29) is 0 Å². The molecule has 0 amide bonds. The molecule has 3 heterocycles. The molecule has 0 N–H and O–H groups in total. The molecule has 0 unspecified atom stereocenters. The molecule has 0 spiro atoms. The molecule has 1 fully saturated rings. The second-order valence-electron chi connectivity index (χ2n) is 4.87. The third-order valence-electron chi connectivity index (χ3n) is 3.81. The van der Waals surface area contributed by atoms with Crippen LogP contribution in [0.1, 0.15) is 18.5 Å². The number of imidazole rings is 1. The first kappa shape index (κ1) is 13.3. The van der Waals surface area contributed by atoms with E-state index in [1.165, 1.54) is 18.5 Å². The topological polar surface area (TPSA) is 20.5 Å². The number of hydrogen-bond donors (Lipinski definition) is 0. The Labute approximate surface area is 126 Å². The lowest BCUT2D eigenvalue weighted by atomic mass is 10.1. The van der Waals surface area contributed by atoms with E-state index in [1.807, 2.05) is 17.8 Å². The molecule has 102 valence electrons. The summed E-state index contributed by atoms with van der Waals surface area (Å²) in [4.78, 5) is 7.25. The average Bonchev–Trinajstić information content (AvgIpc) is 2.85. The predicted octanol–water partition coefficient (Wildman–Crippen LogP) is 3.56. The van der Waals surface area contributed by atoms with Gasteiger partial charge in [0.1, 0.15) is 5.65 Å². The van der Waals surface area contributed by atoms with E-state index in [0.717, 1.165) is 35.1 Å². The molecule has 2 aromatic rings. The highest BCUT2D eigenvalue weighted by Crippen LogP contribution is 2.29. The molecule has 1 saturated heterocycles. The Bertz CT molecular complexity index is 561. The number of hydrogen-bond acceptors (Lipinski definition) is 3. The lowest BCUT2D eigenvalue weighted by Gasteiger charge is -2.31. The van der Waals surface area contributed by atoms with Crippen LogP contribution in [0.2, 0.25) is 0 Å². The number of nitrogens with zero attached hydrogens (tertiary/aromatic N) is 3. The molecule has 0 radical (unpaired) electrons. The maximum absolute atomic E-state index is 4.81. The molecule has 2 aromatic heterocycles. The summed E-state index contributed by atoms with van der Waals surface area (Å²) in [7, 11) is 0. The third-order valence-corrected chi connectivity index (χ3v) is 5.48. The zero-order valence-corrected chi connectivity index (χ0v) is 13.5. The highest BCUT2D eigenvalue weighted by atomic mass is 79.9. The first-order chi connectivity index (χ1) is 9.33. The van der Waals surface area contributed by atoms with Gasteiger partial charge in [-0.15, -0.1) is 0 Å². The van der Waals surface area contributed by atoms with Crippen molar-refractivity contribution < 1.29 is 0 Å². The quantitative estimate of drug-likeness (QED) is 0.797. The van der Waals surface area contributed by atoms with E-state index in [1.54, 1.807) is 0 Å². The molecule has 0 atom stereocenters. The zero-order valence-electron chi connectivity index (χ0n) is 11.1. The van der Waals surface area contributed by atoms with Gasteiger partial charge in [0.2, 0.25) is 0 Å². The van der Waals surface area contributed by atoms with Gasteiger partial charge in [0, 0.05) is 29.9 Å². The van der Waals surface area contributed by atoms with Crippen molar-refractivity contribution >= 4 is 39.2 Å². The molecule has 1 aliphatic rings. The van der Waals surface area contributed by atoms with Crippen molar-refractivity contribution in [1.82, 2.24) is 9.38 Å². The summed E-state index contributed by atoms with van der Waals surface area (Å²) in [6.45, 7) is 2.24. The highest BCUT2D eigenvalue weighted by Gasteiger charge is 2.23. The summed E-state index contributed by atoms with van der Waals surface area (Å²) in [6.07, 6.45) is 6.83. The van der Waals surface area contributed by atoms with Gasteiger partial charge < -0.3 is 9.30 Å². The fraction of sp³-hybridized carbons (Fsp3) is 0.500. The number of pyridine rings is 1. The van der Waals surface area contributed by atoms with Crippen LogP contribution in [-0.4, -0.2) is 34.0 Å². The molecule has 1 aliphatic heterocycles. The Balaban J connectivity index is 1.92. The van der Waals surface area contributed by atoms with Gasteiger partial charge in [-0.05, 0) is 31.2 Å². The Morgan fingerprint density at radius 3 is 2.84 bits per heavy atom. The Kier molecular flexibility index (Phi) is 4.03. The van der Waals surface area contributed by atoms with E-state index < -0.39 is 0 Å². The van der Waals surface area contributed by atoms with Crippen LogP contribution in [0.25, 0.3) is 5.65 Å². The summed E-state index contributed by atoms with van der Waals surface area (Å²) in [5.41, 5.74) is 2.30. The molecule has 19 heavy (non-hydrogen) atoms. The number of rotatable bonds is 3. The number of piperidine rings is 1. The molecule has 0 aromatic carbocycles. The van der Waals surface area contributed by atoms with Gasteiger partial charge in [-0.25, -0.2) is 4.98 Å². The van der Waals surface area contributed by atoms with Crippen molar-refractivity contribution in [2.24, 2.45) is 0 Å². The van der Waals surface area contributed by atoms with Crippen LogP contribution in [0.3, 0.4) is 0 Å². The minimum atomic E-state index is 0.820. The Hall–Kier alpha value is -0.680. The van der Waals surface area contributed by atoms with E-state index in [2.05, 4.69) is 49.8 Å². The fourth-order valence-corrected chi connectivity index (χ4v) is 3.92. The normalized spacial score (nSPS) is 17.3. The number of anilines is 1. The summed E-state index contributed by atoms with van der Waals surface area (Å²) in [6, 6.07) is 6.18. The van der Waals surface area contributed by atoms with Gasteiger partial charge in [-0.1, -0.05) is 22.0 Å². The molecular weight excluding hydrogens is 322 g/mol. The smallest absolute Gasteiger partial charge is 0.152 e. The van der Waals surface area contributed by atoms with Crippen LogP contribution >= 0.6 is 27.7 Å². The molecule has 3 rings (SSSR count). The fourth-order valence-electron chi connectivity index (χ4n) is 2.71. The van der Waals surface area contributed by atoms with Gasteiger partial charge in [-0.3, -0.25) is 0 Å². The summed E-state index contributed by atoms with van der Waals surface area (Å²) in [5.74, 6) is 1.16. The standard InChI is InChI=1S/C14H18BrN3S/c1-19-11-5-8-17(9-6-11)14-12(10-15)18-7-3-2-4-13(18)16-14/h2-4,7,11H,5-6,8-10H2,1H3. The van der Waals surface area contributed by atoms with E-state index in [4.69, 9.17) is 4.98 Å². The van der Waals surface area contributed by atoms with Crippen molar-refractivity contribution in [3.63, 3.8) is 0 Å². The van der Waals surface area contributed by atoms with Crippen LogP contribution in [-0.2, 0) is 5.33 Å². The maximum atomic E-state index is 4.81. The molecule has 0 aliphatic carbocycles. The summed E-state index contributed by atoms with van der Waals surface area (Å²) in [5, 5.41) is 1.66. The van der Waals surface area contributed by atoms with Gasteiger partial charge in [0.05, 0.1) is 5.69 Å². The van der Waals surface area contributed by atoms with Crippen LogP contribution < -0.4 is 4.90 Å². The molecule has 0 saturated carbocycles. The van der Waals surface area contributed by atoms with Gasteiger partial charge in [-0.2, -0.15) is 11.8 Å². The Morgan fingerprint density at radius 2 is 2.16 bits per heavy atom. The van der Waals surface area contributed by atoms with Gasteiger partial charge in [0.15, 0.2) is 5.82 Å². The SMILES string of the molecule is CSC1CCN(c2nc3ccccn3c2CBr)CC1. The third kappa shape index (κ3) is 2.50. The minimum absolute atomic E-state index is 0.820. The predicted molar refractivity (Wildman–Crippen MR) is 86.6 cm³/mol. The van der Waals surface area contributed by atoms with E-state index in [0.29, 0.717) is 0 Å². The van der Waals surface area contributed by atoms with Crippen molar-refractivity contribution in [3.05, 3.63) is 30.1 Å². The van der Waals surface area contributed by atoms with Crippen LogP contribution in [0.4, 0.5) is 5.82 Å². The number of alkyl halides is 1. The largest absolute Gasteiger partial charge is 0.355 e. The number of halogens is 1. The highest BCUT2D eigenvalue weighted by molar-refractivity contribution is 9.08.